The summed E-state index contributed by atoms with van der Waals surface area (Å²) in [5.74, 6) is -2.80. The fourth-order valence-corrected chi connectivity index (χ4v) is 5.18. The second-order valence-corrected chi connectivity index (χ2v) is 11.8. The van der Waals surface area contributed by atoms with Crippen LogP contribution in [0.2, 0.25) is 0 Å². The maximum absolute atomic E-state index is 14.4. The first kappa shape index (κ1) is 32.8. The molecule has 4 rings (SSSR count). The Balaban J connectivity index is 1.50. The van der Waals surface area contributed by atoms with Gasteiger partial charge in [0.25, 0.3) is 0 Å². The Morgan fingerprint density at radius 3 is 2.16 bits per heavy atom. The van der Waals surface area contributed by atoms with Crippen molar-refractivity contribution in [2.75, 3.05) is 47.0 Å². The highest BCUT2D eigenvalue weighted by molar-refractivity contribution is 7.92. The van der Waals surface area contributed by atoms with Crippen LogP contribution < -0.4 is 19.8 Å². The average Bonchev–Trinajstić information content (AvgIpc) is 2.95. The number of pyridine rings is 2. The van der Waals surface area contributed by atoms with Crippen LogP contribution in [-0.4, -0.2) is 56.7 Å². The molecule has 0 aliphatic carbocycles. The average molecular weight is 649 g/mol. The van der Waals surface area contributed by atoms with Crippen molar-refractivity contribution in [1.29, 1.82) is 0 Å². The van der Waals surface area contributed by atoms with Crippen LogP contribution in [-0.2, 0) is 33.7 Å². The fraction of sp³-hybridized carbons (Fsp3) is 0.370. The Labute approximate surface area is 248 Å². The lowest BCUT2D eigenvalue weighted by Crippen LogP contribution is -2.48. The van der Waals surface area contributed by atoms with Crippen molar-refractivity contribution < 1.29 is 43.9 Å². The number of nitrogens with zero attached hydrogens (tertiary/aromatic N) is 4. The summed E-state index contributed by atoms with van der Waals surface area (Å²) in [6.07, 6.45) is -7.34. The van der Waals surface area contributed by atoms with Gasteiger partial charge in [-0.05, 0) is 42.8 Å². The maximum atomic E-state index is 14.4. The van der Waals surface area contributed by atoms with E-state index in [9.17, 15) is 43.9 Å². The molecular formula is C27H27F7N6O3S. The standard InChI is InChI=1S/C27H27F7N6O3S/c1-16(17-5-7-21(20(28)14-17)38-44(2,42)43)25(41)36-15-18-6-8-22(27(32,33)34)37-23(18)39-10-12-40(13-11-39)24-19(26(29,30)31)4-3-9-35-24/h3-9,14,16,38H,10-13,15H2,1-2H3,(H,36,41). The molecule has 238 valence electrons. The monoisotopic (exact) mass is 648 g/mol. The summed E-state index contributed by atoms with van der Waals surface area (Å²) in [5, 5.41) is 2.60. The van der Waals surface area contributed by atoms with E-state index in [0.717, 1.165) is 36.6 Å². The summed E-state index contributed by atoms with van der Waals surface area (Å²) in [6.45, 7) is 1.27. The summed E-state index contributed by atoms with van der Waals surface area (Å²) >= 11 is 0. The van der Waals surface area contributed by atoms with Crippen LogP contribution in [0, 0.1) is 5.82 Å². The van der Waals surface area contributed by atoms with Crippen LogP contribution in [0.3, 0.4) is 0 Å². The van der Waals surface area contributed by atoms with Crippen LogP contribution in [0.1, 0.15) is 35.2 Å². The molecule has 44 heavy (non-hydrogen) atoms. The molecule has 2 N–H and O–H groups in total. The predicted molar refractivity (Wildman–Crippen MR) is 148 cm³/mol. The third-order valence-electron chi connectivity index (χ3n) is 6.85. The van der Waals surface area contributed by atoms with E-state index in [1.54, 1.807) is 0 Å². The van der Waals surface area contributed by atoms with Gasteiger partial charge in [-0.15, -0.1) is 0 Å². The Hall–Kier alpha value is -4.15. The quantitative estimate of drug-likeness (QED) is 0.339. The lowest BCUT2D eigenvalue weighted by molar-refractivity contribution is -0.141. The zero-order valence-corrected chi connectivity index (χ0v) is 24.1. The van der Waals surface area contributed by atoms with Crippen molar-refractivity contribution in [2.45, 2.75) is 31.7 Å². The van der Waals surface area contributed by atoms with Gasteiger partial charge >= 0.3 is 12.4 Å². The van der Waals surface area contributed by atoms with Crippen molar-refractivity contribution in [2.24, 2.45) is 0 Å². The number of piperazine rings is 1. The molecule has 1 amide bonds. The minimum Gasteiger partial charge on any atom is -0.353 e. The summed E-state index contributed by atoms with van der Waals surface area (Å²) in [7, 11) is -3.74. The number of alkyl halides is 6. The first-order chi connectivity index (χ1) is 20.4. The van der Waals surface area contributed by atoms with Crippen LogP contribution >= 0.6 is 0 Å². The van der Waals surface area contributed by atoms with E-state index < -0.39 is 51.3 Å². The van der Waals surface area contributed by atoms with Gasteiger partial charge in [0.15, 0.2) is 0 Å². The van der Waals surface area contributed by atoms with E-state index in [1.165, 1.54) is 35.1 Å². The summed E-state index contributed by atoms with van der Waals surface area (Å²) < 4.78 is 120. The number of halogens is 7. The molecule has 1 fully saturated rings. The first-order valence-electron chi connectivity index (χ1n) is 13.1. The number of carbonyl (C=O) groups excluding carboxylic acids is 1. The second kappa shape index (κ2) is 12.5. The Kier molecular flexibility index (Phi) is 9.27. The fourth-order valence-electron chi connectivity index (χ4n) is 4.62. The highest BCUT2D eigenvalue weighted by atomic mass is 32.2. The molecule has 0 spiro atoms. The molecule has 0 bridgehead atoms. The van der Waals surface area contributed by atoms with E-state index >= 15 is 0 Å². The van der Waals surface area contributed by atoms with Gasteiger partial charge in [0.1, 0.15) is 23.1 Å². The smallest absolute Gasteiger partial charge is 0.353 e. The number of aromatic nitrogens is 2. The molecule has 1 aliphatic heterocycles. The van der Waals surface area contributed by atoms with Crippen LogP contribution in [0.15, 0.2) is 48.7 Å². The van der Waals surface area contributed by atoms with E-state index in [4.69, 9.17) is 0 Å². The third kappa shape index (κ3) is 7.86. The topological polar surface area (TPSA) is 108 Å². The van der Waals surface area contributed by atoms with Gasteiger partial charge in [-0.1, -0.05) is 12.1 Å². The van der Waals surface area contributed by atoms with Crippen LogP contribution in [0.4, 0.5) is 48.1 Å². The molecule has 1 aromatic carbocycles. The van der Waals surface area contributed by atoms with E-state index in [-0.39, 0.29) is 61.2 Å². The minimum absolute atomic E-state index is 0.0105. The zero-order chi connectivity index (χ0) is 32.4. The summed E-state index contributed by atoms with van der Waals surface area (Å²) in [4.78, 5) is 23.4. The number of rotatable bonds is 8. The number of amides is 1. The number of hydrogen-bond acceptors (Lipinski definition) is 7. The number of nitrogens with one attached hydrogen (secondary N) is 2. The Morgan fingerprint density at radius 1 is 0.955 bits per heavy atom. The molecule has 17 heteroatoms. The van der Waals surface area contributed by atoms with E-state index in [0.29, 0.717) is 0 Å². The van der Waals surface area contributed by atoms with Crippen LogP contribution in [0.25, 0.3) is 0 Å². The number of hydrogen-bond donors (Lipinski definition) is 2. The molecular weight excluding hydrogens is 621 g/mol. The van der Waals surface area contributed by atoms with E-state index in [2.05, 4.69) is 15.3 Å². The van der Waals surface area contributed by atoms with Crippen molar-refractivity contribution >= 4 is 33.3 Å². The summed E-state index contributed by atoms with van der Waals surface area (Å²) in [6, 6.07) is 7.50. The zero-order valence-electron chi connectivity index (χ0n) is 23.3. The largest absolute Gasteiger partial charge is 0.433 e. The molecule has 1 aliphatic rings. The maximum Gasteiger partial charge on any atom is 0.433 e. The van der Waals surface area contributed by atoms with Crippen molar-refractivity contribution in [3.05, 3.63) is 76.9 Å². The van der Waals surface area contributed by atoms with Crippen LogP contribution in [0.5, 0.6) is 0 Å². The first-order valence-corrected chi connectivity index (χ1v) is 15.0. The molecule has 0 saturated carbocycles. The van der Waals surface area contributed by atoms with Crippen molar-refractivity contribution in [1.82, 2.24) is 15.3 Å². The van der Waals surface area contributed by atoms with Crippen molar-refractivity contribution in [3.63, 3.8) is 0 Å². The highest BCUT2D eigenvalue weighted by Crippen LogP contribution is 2.36. The highest BCUT2D eigenvalue weighted by Gasteiger charge is 2.37. The Morgan fingerprint density at radius 2 is 1.59 bits per heavy atom. The van der Waals surface area contributed by atoms with Crippen molar-refractivity contribution in [3.8, 4) is 0 Å². The number of carbonyl (C=O) groups is 1. The lowest BCUT2D eigenvalue weighted by Gasteiger charge is -2.37. The SMILES string of the molecule is CC(C(=O)NCc1ccc(C(F)(F)F)nc1N1CCN(c2ncccc2C(F)(F)F)CC1)c1ccc(NS(C)(=O)=O)c(F)c1. The molecule has 2 aromatic heterocycles. The van der Waals surface area contributed by atoms with Gasteiger partial charge in [-0.25, -0.2) is 22.8 Å². The predicted octanol–water partition coefficient (Wildman–Crippen LogP) is 4.77. The van der Waals surface area contributed by atoms with Gasteiger partial charge in [-0.2, -0.15) is 26.3 Å². The van der Waals surface area contributed by atoms with Gasteiger partial charge in [0.2, 0.25) is 15.9 Å². The van der Waals surface area contributed by atoms with Gasteiger partial charge in [0, 0.05) is 44.5 Å². The Bertz CT molecular complexity index is 1620. The number of sulfonamides is 1. The normalized spacial score (nSPS) is 15.2. The number of anilines is 3. The minimum atomic E-state index is -4.77. The lowest BCUT2D eigenvalue weighted by atomic mass is 9.99. The third-order valence-corrected chi connectivity index (χ3v) is 7.44. The molecule has 9 nitrogen and oxygen atoms in total. The molecule has 1 saturated heterocycles. The van der Waals surface area contributed by atoms with Gasteiger partial charge < -0.3 is 15.1 Å². The number of benzene rings is 1. The van der Waals surface area contributed by atoms with Gasteiger partial charge in [-0.3, -0.25) is 9.52 Å². The van der Waals surface area contributed by atoms with Gasteiger partial charge in [0.05, 0.1) is 23.4 Å². The molecule has 3 aromatic rings. The molecule has 1 unspecified atom stereocenters. The summed E-state index contributed by atoms with van der Waals surface area (Å²) in [5.41, 5.74) is -1.97. The second-order valence-electron chi connectivity index (χ2n) is 10.1. The molecule has 3 heterocycles. The molecule has 1 atom stereocenters. The molecule has 0 radical (unpaired) electrons. The van der Waals surface area contributed by atoms with E-state index in [1.807, 2.05) is 4.72 Å².